The van der Waals surface area contributed by atoms with Gasteiger partial charge in [-0.1, -0.05) is 6.07 Å². The summed E-state index contributed by atoms with van der Waals surface area (Å²) in [6.45, 7) is 0. The molecule has 82 valence electrons. The van der Waals surface area contributed by atoms with Crippen LogP contribution in [0.1, 0.15) is 17.2 Å². The molecule has 15 heavy (non-hydrogen) atoms. The molecule has 2 unspecified atom stereocenters. The lowest BCUT2D eigenvalue weighted by Crippen LogP contribution is -2.35. The van der Waals surface area contributed by atoms with Crippen molar-refractivity contribution >= 4 is 0 Å². The maximum absolute atomic E-state index is 6.22. The van der Waals surface area contributed by atoms with Crippen molar-refractivity contribution in [1.29, 1.82) is 0 Å². The zero-order chi connectivity index (χ0) is 11.0. The van der Waals surface area contributed by atoms with E-state index in [0.29, 0.717) is 6.04 Å². The van der Waals surface area contributed by atoms with Crippen LogP contribution in [0.15, 0.2) is 18.2 Å². The van der Waals surface area contributed by atoms with Crippen LogP contribution in [0, 0.1) is 0 Å². The van der Waals surface area contributed by atoms with E-state index < -0.39 is 0 Å². The van der Waals surface area contributed by atoms with Gasteiger partial charge in [0.2, 0.25) is 0 Å². The average Bonchev–Trinajstić information content (AvgIpc) is 2.56. The highest BCUT2D eigenvalue weighted by molar-refractivity contribution is 5.42. The van der Waals surface area contributed by atoms with Crippen LogP contribution in [-0.2, 0) is 6.42 Å². The van der Waals surface area contributed by atoms with Crippen LogP contribution >= 0.6 is 0 Å². The van der Waals surface area contributed by atoms with E-state index in [1.165, 1.54) is 11.1 Å². The number of methoxy groups -OCH3 is 1. The lowest BCUT2D eigenvalue weighted by molar-refractivity contribution is 0.269. The van der Waals surface area contributed by atoms with Gasteiger partial charge in [0.25, 0.3) is 0 Å². The van der Waals surface area contributed by atoms with Crippen LogP contribution in [0.5, 0.6) is 5.75 Å². The first-order valence-corrected chi connectivity index (χ1v) is 5.22. The topological polar surface area (TPSA) is 38.5 Å². The first-order valence-electron chi connectivity index (χ1n) is 5.22. The van der Waals surface area contributed by atoms with E-state index in [1.807, 2.05) is 6.07 Å². The molecule has 1 aromatic rings. The van der Waals surface area contributed by atoms with Gasteiger partial charge in [0.1, 0.15) is 5.75 Å². The van der Waals surface area contributed by atoms with Crippen molar-refractivity contribution in [3.8, 4) is 5.75 Å². The van der Waals surface area contributed by atoms with Crippen molar-refractivity contribution < 1.29 is 4.74 Å². The normalized spacial score (nSPS) is 24.3. The number of nitrogens with zero attached hydrogens (tertiary/aromatic N) is 1. The minimum atomic E-state index is 0.102. The predicted molar refractivity (Wildman–Crippen MR) is 61.1 cm³/mol. The summed E-state index contributed by atoms with van der Waals surface area (Å²) in [4.78, 5) is 2.19. The van der Waals surface area contributed by atoms with E-state index in [9.17, 15) is 0 Å². The molecule has 0 aromatic heterocycles. The zero-order valence-corrected chi connectivity index (χ0v) is 9.53. The van der Waals surface area contributed by atoms with Crippen LogP contribution in [0.4, 0.5) is 0 Å². The second-order valence-electron chi connectivity index (χ2n) is 4.33. The Morgan fingerprint density at radius 3 is 2.73 bits per heavy atom. The molecule has 1 aromatic carbocycles. The van der Waals surface area contributed by atoms with Gasteiger partial charge in [-0.05, 0) is 43.8 Å². The molecule has 2 N–H and O–H groups in total. The standard InChI is InChI=1S/C12H18N2O/c1-14(2)11-6-8-4-5-9(15-3)7-10(8)12(11)13/h4-5,7,11-12H,6,13H2,1-3H3. The largest absolute Gasteiger partial charge is 0.497 e. The molecule has 0 heterocycles. The number of fused-ring (bicyclic) bond motifs is 1. The van der Waals surface area contributed by atoms with E-state index in [0.717, 1.165) is 12.2 Å². The molecule has 1 aliphatic rings. The highest BCUT2D eigenvalue weighted by atomic mass is 16.5. The number of hydrogen-bond acceptors (Lipinski definition) is 3. The fraction of sp³-hybridized carbons (Fsp3) is 0.500. The average molecular weight is 206 g/mol. The Kier molecular flexibility index (Phi) is 2.67. The Bertz CT molecular complexity index is 363. The monoisotopic (exact) mass is 206 g/mol. The van der Waals surface area contributed by atoms with Crippen LogP contribution in [0.25, 0.3) is 0 Å². The molecule has 2 rings (SSSR count). The zero-order valence-electron chi connectivity index (χ0n) is 9.53. The Morgan fingerprint density at radius 2 is 2.13 bits per heavy atom. The van der Waals surface area contributed by atoms with Gasteiger partial charge in [-0.3, -0.25) is 0 Å². The number of ether oxygens (including phenoxy) is 1. The summed E-state index contributed by atoms with van der Waals surface area (Å²) in [7, 11) is 5.84. The van der Waals surface area contributed by atoms with Crippen molar-refractivity contribution in [2.45, 2.75) is 18.5 Å². The molecule has 1 aliphatic carbocycles. The van der Waals surface area contributed by atoms with Crippen LogP contribution in [0.3, 0.4) is 0 Å². The number of nitrogens with two attached hydrogens (primary N) is 1. The van der Waals surface area contributed by atoms with Gasteiger partial charge in [0.05, 0.1) is 7.11 Å². The molecule has 0 saturated carbocycles. The van der Waals surface area contributed by atoms with E-state index in [2.05, 4.69) is 31.1 Å². The molecule has 0 aliphatic heterocycles. The third-order valence-corrected chi connectivity index (χ3v) is 3.22. The van der Waals surface area contributed by atoms with Gasteiger partial charge >= 0.3 is 0 Å². The van der Waals surface area contributed by atoms with Gasteiger partial charge in [-0.25, -0.2) is 0 Å². The number of likely N-dealkylation sites (N-methyl/N-ethyl adjacent to an activating group) is 1. The third-order valence-electron chi connectivity index (χ3n) is 3.22. The molecular weight excluding hydrogens is 188 g/mol. The number of hydrogen-bond donors (Lipinski definition) is 1. The summed E-state index contributed by atoms with van der Waals surface area (Å²) in [5, 5.41) is 0. The molecule has 0 bridgehead atoms. The third kappa shape index (κ3) is 1.73. The molecule has 3 heteroatoms. The second-order valence-corrected chi connectivity index (χ2v) is 4.33. The van der Waals surface area contributed by atoms with Gasteiger partial charge < -0.3 is 15.4 Å². The van der Waals surface area contributed by atoms with E-state index in [-0.39, 0.29) is 6.04 Å². The molecular formula is C12H18N2O. The molecule has 3 nitrogen and oxygen atoms in total. The van der Waals surface area contributed by atoms with Crippen LogP contribution < -0.4 is 10.5 Å². The van der Waals surface area contributed by atoms with Crippen molar-refractivity contribution in [1.82, 2.24) is 4.90 Å². The van der Waals surface area contributed by atoms with Crippen molar-refractivity contribution in [3.63, 3.8) is 0 Å². The van der Waals surface area contributed by atoms with Crippen LogP contribution in [0.2, 0.25) is 0 Å². The summed E-state index contributed by atoms with van der Waals surface area (Å²) < 4.78 is 5.21. The summed E-state index contributed by atoms with van der Waals surface area (Å²) in [6.07, 6.45) is 1.04. The second kappa shape index (κ2) is 3.83. The van der Waals surface area contributed by atoms with Gasteiger partial charge in [0.15, 0.2) is 0 Å². The Labute approximate surface area is 90.8 Å². The summed E-state index contributed by atoms with van der Waals surface area (Å²) >= 11 is 0. The number of benzene rings is 1. The fourth-order valence-electron chi connectivity index (χ4n) is 2.26. The Balaban J connectivity index is 2.33. The predicted octanol–water partition coefficient (Wildman–Crippen LogP) is 1.18. The quantitative estimate of drug-likeness (QED) is 0.789. The van der Waals surface area contributed by atoms with Crippen molar-refractivity contribution in [2.75, 3.05) is 21.2 Å². The minimum absolute atomic E-state index is 0.102. The highest BCUT2D eigenvalue weighted by Gasteiger charge is 2.31. The first kappa shape index (κ1) is 10.5. The highest BCUT2D eigenvalue weighted by Crippen LogP contribution is 2.34. The maximum atomic E-state index is 6.22. The molecule has 0 fully saturated rings. The molecule has 0 spiro atoms. The number of rotatable bonds is 2. The molecule has 0 saturated heterocycles. The summed E-state index contributed by atoms with van der Waals surface area (Å²) in [5.41, 5.74) is 8.80. The molecule has 0 radical (unpaired) electrons. The Hall–Kier alpha value is -1.06. The maximum Gasteiger partial charge on any atom is 0.119 e. The van der Waals surface area contributed by atoms with Crippen LogP contribution in [-0.4, -0.2) is 32.1 Å². The smallest absolute Gasteiger partial charge is 0.119 e. The van der Waals surface area contributed by atoms with Gasteiger partial charge in [0, 0.05) is 12.1 Å². The van der Waals surface area contributed by atoms with E-state index >= 15 is 0 Å². The van der Waals surface area contributed by atoms with Crippen molar-refractivity contribution in [2.24, 2.45) is 5.73 Å². The Morgan fingerprint density at radius 1 is 1.40 bits per heavy atom. The SMILES string of the molecule is COc1ccc2c(c1)C(N)C(N(C)C)C2. The summed E-state index contributed by atoms with van der Waals surface area (Å²) in [5.74, 6) is 0.892. The van der Waals surface area contributed by atoms with E-state index in [4.69, 9.17) is 10.5 Å². The molecule has 0 amide bonds. The van der Waals surface area contributed by atoms with Gasteiger partial charge in [-0.2, -0.15) is 0 Å². The van der Waals surface area contributed by atoms with Gasteiger partial charge in [-0.15, -0.1) is 0 Å². The van der Waals surface area contributed by atoms with Crippen molar-refractivity contribution in [3.05, 3.63) is 29.3 Å². The van der Waals surface area contributed by atoms with E-state index in [1.54, 1.807) is 7.11 Å². The first-order chi connectivity index (χ1) is 7.13. The fourth-order valence-corrected chi connectivity index (χ4v) is 2.26. The lowest BCUT2D eigenvalue weighted by atomic mass is 10.1. The minimum Gasteiger partial charge on any atom is -0.497 e. The summed E-state index contributed by atoms with van der Waals surface area (Å²) in [6, 6.07) is 6.70. The lowest BCUT2D eigenvalue weighted by Gasteiger charge is -2.23. The molecule has 2 atom stereocenters.